The van der Waals surface area contributed by atoms with E-state index in [1.54, 1.807) is 22.1 Å². The first-order valence-electron chi connectivity index (χ1n) is 6.75. The molecule has 0 saturated carbocycles. The van der Waals surface area contributed by atoms with Gasteiger partial charge in [-0.3, -0.25) is 9.36 Å². The molecule has 0 aliphatic carbocycles. The summed E-state index contributed by atoms with van der Waals surface area (Å²) in [4.78, 5) is 25.1. The van der Waals surface area contributed by atoms with Crippen LogP contribution in [0.15, 0.2) is 39.4 Å². The smallest absolute Gasteiger partial charge is 0.310 e. The Morgan fingerprint density at radius 2 is 2.10 bits per heavy atom. The summed E-state index contributed by atoms with van der Waals surface area (Å²) in [5.41, 5.74) is -0.461. The number of nitrogens with one attached hydrogen (secondary N) is 1. The van der Waals surface area contributed by atoms with Crippen molar-refractivity contribution in [3.63, 3.8) is 0 Å². The second-order valence-corrected chi connectivity index (χ2v) is 5.57. The molecule has 2 rings (SSSR count). The van der Waals surface area contributed by atoms with Crippen LogP contribution in [0.4, 0.5) is 0 Å². The van der Waals surface area contributed by atoms with Crippen molar-refractivity contribution in [2.24, 2.45) is 0 Å². The summed E-state index contributed by atoms with van der Waals surface area (Å²) in [6.07, 6.45) is 2.44. The lowest BCUT2D eigenvalue weighted by Crippen LogP contribution is -2.41. The van der Waals surface area contributed by atoms with Crippen LogP contribution in [0.3, 0.4) is 0 Å². The van der Waals surface area contributed by atoms with Crippen LogP contribution in [0.25, 0.3) is 0 Å². The number of aromatic nitrogens is 2. The number of rotatable bonds is 7. The van der Waals surface area contributed by atoms with E-state index in [4.69, 9.17) is 0 Å². The van der Waals surface area contributed by atoms with Gasteiger partial charge in [0.1, 0.15) is 0 Å². The molecule has 0 bridgehead atoms. The number of hydrogen-bond acceptors (Lipinski definition) is 4. The highest BCUT2D eigenvalue weighted by Crippen LogP contribution is 2.06. The molecule has 0 saturated heterocycles. The molecule has 6 heteroatoms. The first kappa shape index (κ1) is 14.7. The number of hydrogen-bond donors (Lipinski definition) is 1. The van der Waals surface area contributed by atoms with Gasteiger partial charge in [0.05, 0.1) is 0 Å². The van der Waals surface area contributed by atoms with Gasteiger partial charge in [-0.15, -0.1) is 11.3 Å². The second-order valence-electron chi connectivity index (χ2n) is 4.54. The van der Waals surface area contributed by atoms with Crippen LogP contribution in [-0.4, -0.2) is 15.7 Å². The summed E-state index contributed by atoms with van der Waals surface area (Å²) in [5.74, 6) is 0. The lowest BCUT2D eigenvalue weighted by atomic mass is 10.4. The Morgan fingerprint density at radius 3 is 2.80 bits per heavy atom. The molecule has 0 atom stereocenters. The van der Waals surface area contributed by atoms with E-state index in [1.165, 1.54) is 15.5 Å². The highest BCUT2D eigenvalue weighted by atomic mass is 32.1. The predicted octanol–water partition coefficient (Wildman–Crippen LogP) is 1.27. The van der Waals surface area contributed by atoms with Crippen LogP contribution in [-0.2, 0) is 19.6 Å². The van der Waals surface area contributed by atoms with Gasteiger partial charge in [0.15, 0.2) is 0 Å². The molecule has 0 unspecified atom stereocenters. The minimum atomic E-state index is -0.236. The molecule has 1 N–H and O–H groups in total. The van der Waals surface area contributed by atoms with Crippen molar-refractivity contribution in [1.29, 1.82) is 0 Å². The molecule has 0 radical (unpaired) electrons. The average molecular weight is 293 g/mol. The van der Waals surface area contributed by atoms with Gasteiger partial charge >= 0.3 is 5.69 Å². The summed E-state index contributed by atoms with van der Waals surface area (Å²) >= 11 is 1.69. The fourth-order valence-corrected chi connectivity index (χ4v) is 2.66. The van der Waals surface area contributed by atoms with E-state index in [0.717, 1.165) is 13.0 Å². The van der Waals surface area contributed by atoms with Gasteiger partial charge in [0, 0.05) is 43.3 Å². The Hall–Kier alpha value is -1.66. The molecular formula is C14H19N3O2S. The standard InChI is InChI=1S/C14H19N3O2S/c1-2-7-16-8-5-13(18)17(14(16)19)9-6-15-11-12-4-3-10-20-12/h3-5,8,10,15H,2,6-7,9,11H2,1H3. The number of nitrogens with zero attached hydrogens (tertiary/aromatic N) is 2. The molecule has 0 aliphatic rings. The van der Waals surface area contributed by atoms with E-state index in [1.807, 2.05) is 18.4 Å². The molecule has 0 aliphatic heterocycles. The van der Waals surface area contributed by atoms with Crippen LogP contribution in [0, 0.1) is 0 Å². The molecule has 20 heavy (non-hydrogen) atoms. The van der Waals surface area contributed by atoms with Crippen LogP contribution < -0.4 is 16.6 Å². The largest absolute Gasteiger partial charge is 0.331 e. The van der Waals surface area contributed by atoms with Gasteiger partial charge < -0.3 is 9.88 Å². The monoisotopic (exact) mass is 293 g/mol. The zero-order chi connectivity index (χ0) is 14.4. The summed E-state index contributed by atoms with van der Waals surface area (Å²) in [7, 11) is 0. The lowest BCUT2D eigenvalue weighted by molar-refractivity contribution is 0.521. The van der Waals surface area contributed by atoms with Crippen LogP contribution >= 0.6 is 11.3 Å². The molecule has 0 spiro atoms. The third-order valence-electron chi connectivity index (χ3n) is 3.00. The van der Waals surface area contributed by atoms with E-state index in [-0.39, 0.29) is 11.2 Å². The maximum atomic E-state index is 12.1. The molecule has 0 fully saturated rings. The van der Waals surface area contributed by atoms with Gasteiger partial charge in [0.2, 0.25) is 0 Å². The third kappa shape index (κ3) is 3.68. The molecule has 5 nitrogen and oxygen atoms in total. The lowest BCUT2D eigenvalue weighted by Gasteiger charge is -2.09. The Bertz CT molecular complexity index is 643. The minimum Gasteiger partial charge on any atom is -0.310 e. The molecule has 2 aromatic heterocycles. The first-order valence-corrected chi connectivity index (χ1v) is 7.63. The van der Waals surface area contributed by atoms with Gasteiger partial charge in [-0.2, -0.15) is 0 Å². The van der Waals surface area contributed by atoms with Gasteiger partial charge in [-0.1, -0.05) is 13.0 Å². The zero-order valence-corrected chi connectivity index (χ0v) is 12.4. The number of aryl methyl sites for hydroxylation is 1. The van der Waals surface area contributed by atoms with Crippen LogP contribution in [0.1, 0.15) is 18.2 Å². The van der Waals surface area contributed by atoms with E-state index in [2.05, 4.69) is 11.4 Å². The fourth-order valence-electron chi connectivity index (χ4n) is 1.99. The quantitative estimate of drug-likeness (QED) is 0.782. The van der Waals surface area contributed by atoms with Crippen molar-refractivity contribution in [2.45, 2.75) is 33.0 Å². The summed E-state index contributed by atoms with van der Waals surface area (Å²) in [6.45, 7) is 4.41. The van der Waals surface area contributed by atoms with Crippen LogP contribution in [0.2, 0.25) is 0 Å². The van der Waals surface area contributed by atoms with Crippen molar-refractivity contribution < 1.29 is 0 Å². The van der Waals surface area contributed by atoms with Gasteiger partial charge in [-0.05, 0) is 17.9 Å². The van der Waals surface area contributed by atoms with Crippen molar-refractivity contribution in [3.05, 3.63) is 55.5 Å². The summed E-state index contributed by atoms with van der Waals surface area (Å²) in [6, 6.07) is 5.52. The summed E-state index contributed by atoms with van der Waals surface area (Å²) in [5, 5.41) is 5.27. The summed E-state index contributed by atoms with van der Waals surface area (Å²) < 4.78 is 2.87. The SMILES string of the molecule is CCCn1ccc(=O)n(CCNCc2cccs2)c1=O. The molecule has 108 valence electrons. The molecular weight excluding hydrogens is 274 g/mol. The molecule has 2 aromatic rings. The first-order chi connectivity index (χ1) is 9.72. The fraction of sp³-hybridized carbons (Fsp3) is 0.429. The van der Waals surface area contributed by atoms with Gasteiger partial charge in [-0.25, -0.2) is 4.79 Å². The number of thiophene rings is 1. The topological polar surface area (TPSA) is 56.0 Å². The van der Waals surface area contributed by atoms with Gasteiger partial charge in [0.25, 0.3) is 5.56 Å². The zero-order valence-electron chi connectivity index (χ0n) is 11.5. The van der Waals surface area contributed by atoms with E-state index >= 15 is 0 Å². The Labute approximate surface area is 121 Å². The third-order valence-corrected chi connectivity index (χ3v) is 3.87. The maximum absolute atomic E-state index is 12.1. The van der Waals surface area contributed by atoms with Crippen molar-refractivity contribution >= 4 is 11.3 Å². The molecule has 0 aromatic carbocycles. The Kier molecular flexibility index (Phi) is 5.31. The average Bonchev–Trinajstić information content (AvgIpc) is 2.94. The maximum Gasteiger partial charge on any atom is 0.331 e. The van der Waals surface area contributed by atoms with E-state index in [0.29, 0.717) is 19.6 Å². The van der Waals surface area contributed by atoms with E-state index < -0.39 is 0 Å². The highest BCUT2D eigenvalue weighted by molar-refractivity contribution is 7.09. The minimum absolute atomic E-state index is 0.225. The predicted molar refractivity (Wildman–Crippen MR) is 81.3 cm³/mol. The van der Waals surface area contributed by atoms with Crippen molar-refractivity contribution in [1.82, 2.24) is 14.5 Å². The second kappa shape index (κ2) is 7.21. The Balaban J connectivity index is 1.96. The van der Waals surface area contributed by atoms with Crippen molar-refractivity contribution in [2.75, 3.05) is 6.54 Å². The Morgan fingerprint density at radius 1 is 1.25 bits per heavy atom. The molecule has 2 heterocycles. The van der Waals surface area contributed by atoms with Crippen LogP contribution in [0.5, 0.6) is 0 Å². The van der Waals surface area contributed by atoms with E-state index in [9.17, 15) is 9.59 Å². The normalized spacial score (nSPS) is 10.8. The highest BCUT2D eigenvalue weighted by Gasteiger charge is 2.04. The molecule has 0 amide bonds. The van der Waals surface area contributed by atoms with Crippen molar-refractivity contribution in [3.8, 4) is 0 Å².